The average Bonchev–Trinajstić information content (AvgIpc) is 2.68. The van der Waals surface area contributed by atoms with Gasteiger partial charge in [0, 0.05) is 30.3 Å². The number of benzene rings is 2. The number of aryl methyl sites for hydroxylation is 1. The first-order valence-corrected chi connectivity index (χ1v) is 9.67. The summed E-state index contributed by atoms with van der Waals surface area (Å²) in [5, 5.41) is 2.90. The number of likely N-dealkylation sites (tertiary alicyclic amines) is 1. The van der Waals surface area contributed by atoms with Crippen molar-refractivity contribution >= 4 is 23.3 Å². The molecular formula is C23H26N2O3. The predicted octanol–water partition coefficient (Wildman–Crippen LogP) is 3.62. The monoisotopic (exact) mass is 378 g/mol. The number of rotatable bonds is 5. The molecule has 1 aliphatic rings. The summed E-state index contributed by atoms with van der Waals surface area (Å²) in [7, 11) is 0. The molecule has 1 heterocycles. The fourth-order valence-corrected chi connectivity index (χ4v) is 3.56. The number of Topliss-reactive ketones (excluding diaryl/α,β-unsaturated/α-hetero) is 1. The van der Waals surface area contributed by atoms with E-state index in [-0.39, 0.29) is 23.5 Å². The van der Waals surface area contributed by atoms with Crippen molar-refractivity contribution in [2.24, 2.45) is 5.92 Å². The number of nitrogens with one attached hydrogen (secondary N) is 1. The van der Waals surface area contributed by atoms with Crippen LogP contribution in [-0.4, -0.2) is 35.6 Å². The molecule has 2 aromatic rings. The van der Waals surface area contributed by atoms with Crippen LogP contribution in [0.4, 0.5) is 5.69 Å². The largest absolute Gasteiger partial charge is 0.342 e. The Bertz CT molecular complexity index is 883. The van der Waals surface area contributed by atoms with Gasteiger partial charge in [0.1, 0.15) is 0 Å². The highest BCUT2D eigenvalue weighted by atomic mass is 16.2. The molecule has 5 heteroatoms. The minimum Gasteiger partial charge on any atom is -0.342 e. The van der Waals surface area contributed by atoms with E-state index in [0.29, 0.717) is 43.6 Å². The highest BCUT2D eigenvalue weighted by Crippen LogP contribution is 2.21. The minimum absolute atomic E-state index is 0.0310. The third kappa shape index (κ3) is 5.06. The van der Waals surface area contributed by atoms with Gasteiger partial charge in [-0.05, 0) is 44.4 Å². The maximum atomic E-state index is 12.6. The van der Waals surface area contributed by atoms with Crippen LogP contribution in [0.15, 0.2) is 48.5 Å². The number of carbonyl (C=O) groups is 3. The van der Waals surface area contributed by atoms with Gasteiger partial charge in [0.2, 0.25) is 11.8 Å². The van der Waals surface area contributed by atoms with Crippen LogP contribution in [0.25, 0.3) is 0 Å². The number of hydrogen-bond donors (Lipinski definition) is 1. The molecule has 1 aliphatic heterocycles. The van der Waals surface area contributed by atoms with E-state index < -0.39 is 0 Å². The van der Waals surface area contributed by atoms with Gasteiger partial charge >= 0.3 is 0 Å². The number of nitrogens with zero attached hydrogens (tertiary/aromatic N) is 1. The van der Waals surface area contributed by atoms with Crippen LogP contribution in [-0.2, 0) is 16.0 Å². The van der Waals surface area contributed by atoms with Gasteiger partial charge in [0.25, 0.3) is 0 Å². The minimum atomic E-state index is -0.121. The van der Waals surface area contributed by atoms with Crippen molar-refractivity contribution in [3.63, 3.8) is 0 Å². The lowest BCUT2D eigenvalue weighted by atomic mass is 9.95. The summed E-state index contributed by atoms with van der Waals surface area (Å²) < 4.78 is 0. The molecule has 0 spiro atoms. The summed E-state index contributed by atoms with van der Waals surface area (Å²) in [4.78, 5) is 38.4. The lowest BCUT2D eigenvalue weighted by molar-refractivity contribution is -0.133. The molecule has 1 saturated heterocycles. The van der Waals surface area contributed by atoms with Gasteiger partial charge in [-0.3, -0.25) is 14.4 Å². The Balaban J connectivity index is 1.51. The van der Waals surface area contributed by atoms with Crippen LogP contribution in [0, 0.1) is 12.8 Å². The van der Waals surface area contributed by atoms with E-state index in [1.54, 1.807) is 24.3 Å². The Labute approximate surface area is 165 Å². The number of carbonyl (C=O) groups excluding carboxylic acids is 3. The molecule has 1 fully saturated rings. The summed E-state index contributed by atoms with van der Waals surface area (Å²) in [6, 6.07) is 15.0. The van der Waals surface area contributed by atoms with Crippen LogP contribution in [0.1, 0.15) is 41.3 Å². The zero-order valence-corrected chi connectivity index (χ0v) is 16.4. The highest BCUT2D eigenvalue weighted by Gasteiger charge is 2.27. The fourth-order valence-electron chi connectivity index (χ4n) is 3.56. The summed E-state index contributed by atoms with van der Waals surface area (Å²) >= 11 is 0. The van der Waals surface area contributed by atoms with Gasteiger partial charge in [0.15, 0.2) is 5.78 Å². The van der Waals surface area contributed by atoms with Crippen molar-refractivity contribution in [1.82, 2.24) is 4.90 Å². The van der Waals surface area contributed by atoms with Gasteiger partial charge < -0.3 is 10.2 Å². The van der Waals surface area contributed by atoms with Crippen molar-refractivity contribution in [1.29, 1.82) is 0 Å². The number of ketones is 1. The van der Waals surface area contributed by atoms with Crippen molar-refractivity contribution in [3.05, 3.63) is 65.2 Å². The third-order valence-corrected chi connectivity index (χ3v) is 5.19. The van der Waals surface area contributed by atoms with E-state index in [2.05, 4.69) is 5.32 Å². The van der Waals surface area contributed by atoms with E-state index in [0.717, 1.165) is 11.1 Å². The van der Waals surface area contributed by atoms with Crippen molar-refractivity contribution in [2.45, 2.75) is 33.1 Å². The summed E-state index contributed by atoms with van der Waals surface area (Å²) in [5.41, 5.74) is 3.38. The second-order valence-corrected chi connectivity index (χ2v) is 7.45. The van der Waals surface area contributed by atoms with Gasteiger partial charge in [-0.25, -0.2) is 0 Å². The van der Waals surface area contributed by atoms with Crippen LogP contribution in [0.3, 0.4) is 0 Å². The highest BCUT2D eigenvalue weighted by molar-refractivity contribution is 5.97. The van der Waals surface area contributed by atoms with Crippen molar-refractivity contribution in [2.75, 3.05) is 18.4 Å². The zero-order valence-electron chi connectivity index (χ0n) is 16.4. The Morgan fingerprint density at radius 1 is 1.04 bits per heavy atom. The fraction of sp³-hybridized carbons (Fsp3) is 0.348. The van der Waals surface area contributed by atoms with E-state index in [1.807, 2.05) is 36.1 Å². The van der Waals surface area contributed by atoms with E-state index in [1.165, 1.54) is 6.92 Å². The lowest BCUT2D eigenvalue weighted by Crippen LogP contribution is -2.42. The number of hydrogen-bond acceptors (Lipinski definition) is 3. The quantitative estimate of drug-likeness (QED) is 0.808. The maximum absolute atomic E-state index is 12.6. The van der Waals surface area contributed by atoms with Crippen LogP contribution in [0.5, 0.6) is 0 Å². The molecule has 28 heavy (non-hydrogen) atoms. The zero-order chi connectivity index (χ0) is 20.1. The first kappa shape index (κ1) is 19.8. The summed E-state index contributed by atoms with van der Waals surface area (Å²) in [6.45, 7) is 4.71. The van der Waals surface area contributed by atoms with Gasteiger partial charge in [-0.15, -0.1) is 0 Å². The van der Waals surface area contributed by atoms with Gasteiger partial charge in [-0.2, -0.15) is 0 Å². The van der Waals surface area contributed by atoms with Crippen LogP contribution < -0.4 is 5.32 Å². The molecule has 0 bridgehead atoms. The van der Waals surface area contributed by atoms with Gasteiger partial charge in [-0.1, -0.05) is 42.0 Å². The molecule has 0 unspecified atom stereocenters. The van der Waals surface area contributed by atoms with Crippen LogP contribution >= 0.6 is 0 Å². The van der Waals surface area contributed by atoms with Gasteiger partial charge in [0.05, 0.1) is 6.42 Å². The lowest BCUT2D eigenvalue weighted by Gasteiger charge is -2.31. The molecule has 1 N–H and O–H groups in total. The van der Waals surface area contributed by atoms with E-state index in [4.69, 9.17) is 0 Å². The molecule has 0 aromatic heterocycles. The maximum Gasteiger partial charge on any atom is 0.227 e. The Morgan fingerprint density at radius 2 is 1.75 bits per heavy atom. The predicted molar refractivity (Wildman–Crippen MR) is 109 cm³/mol. The Hall–Kier alpha value is -2.95. The standard InChI is InChI=1S/C23H26N2O3/c1-16-5-3-6-18(13-16)14-22(27)25-11-9-19(10-12-25)23(28)24-21-8-4-7-20(15-21)17(2)26/h3-8,13,15,19H,9-12,14H2,1-2H3,(H,24,28). The second-order valence-electron chi connectivity index (χ2n) is 7.45. The molecule has 0 aliphatic carbocycles. The molecule has 5 nitrogen and oxygen atoms in total. The average molecular weight is 378 g/mol. The Kier molecular flexibility index (Phi) is 6.24. The molecular weight excluding hydrogens is 352 g/mol. The molecule has 0 radical (unpaired) electrons. The normalized spacial score (nSPS) is 14.6. The summed E-state index contributed by atoms with van der Waals surface area (Å²) in [6.07, 6.45) is 1.70. The summed E-state index contributed by atoms with van der Waals surface area (Å²) in [5.74, 6) is -0.0920. The SMILES string of the molecule is CC(=O)c1cccc(NC(=O)C2CCN(C(=O)Cc3cccc(C)c3)CC2)c1. The molecule has 2 amide bonds. The molecule has 146 valence electrons. The third-order valence-electron chi connectivity index (χ3n) is 5.19. The van der Waals surface area contributed by atoms with E-state index in [9.17, 15) is 14.4 Å². The molecule has 3 rings (SSSR count). The van der Waals surface area contributed by atoms with Crippen molar-refractivity contribution < 1.29 is 14.4 Å². The number of amides is 2. The molecule has 2 aromatic carbocycles. The number of piperidine rings is 1. The first-order chi connectivity index (χ1) is 13.4. The topological polar surface area (TPSA) is 66.5 Å². The smallest absolute Gasteiger partial charge is 0.227 e. The Morgan fingerprint density at radius 3 is 2.43 bits per heavy atom. The first-order valence-electron chi connectivity index (χ1n) is 9.67. The van der Waals surface area contributed by atoms with Crippen molar-refractivity contribution in [3.8, 4) is 0 Å². The second kappa shape index (κ2) is 8.83. The molecule has 0 atom stereocenters. The van der Waals surface area contributed by atoms with Crippen LogP contribution in [0.2, 0.25) is 0 Å². The van der Waals surface area contributed by atoms with E-state index >= 15 is 0 Å². The molecule has 0 saturated carbocycles. The number of anilines is 1.